The summed E-state index contributed by atoms with van der Waals surface area (Å²) in [5, 5.41) is 6.80. The highest BCUT2D eigenvalue weighted by molar-refractivity contribution is 5.91. The molecule has 128 valence electrons. The van der Waals surface area contributed by atoms with Crippen molar-refractivity contribution in [3.63, 3.8) is 0 Å². The van der Waals surface area contributed by atoms with Gasteiger partial charge in [-0.3, -0.25) is 9.59 Å². The molecule has 1 aromatic heterocycles. The summed E-state index contributed by atoms with van der Waals surface area (Å²) in [6.45, 7) is 1.63. The van der Waals surface area contributed by atoms with Gasteiger partial charge in [0.2, 0.25) is 0 Å². The lowest BCUT2D eigenvalue weighted by atomic mass is 10.3. The molecule has 2 rings (SSSR count). The van der Waals surface area contributed by atoms with Crippen molar-refractivity contribution in [3.8, 4) is 5.75 Å². The van der Waals surface area contributed by atoms with Crippen molar-refractivity contribution in [2.24, 2.45) is 0 Å². The summed E-state index contributed by atoms with van der Waals surface area (Å²) < 4.78 is 11.7. The van der Waals surface area contributed by atoms with Crippen LogP contribution in [0.5, 0.6) is 5.75 Å². The van der Waals surface area contributed by atoms with E-state index in [4.69, 9.17) is 9.47 Å². The van der Waals surface area contributed by atoms with Gasteiger partial charge >= 0.3 is 0 Å². The van der Waals surface area contributed by atoms with Crippen LogP contribution in [0.15, 0.2) is 47.3 Å². The number of hydrogen-bond acceptors (Lipinski definition) is 5. The van der Waals surface area contributed by atoms with Crippen LogP contribution in [0.1, 0.15) is 16.9 Å². The van der Waals surface area contributed by atoms with Gasteiger partial charge in [0.25, 0.3) is 11.5 Å². The quantitative estimate of drug-likeness (QED) is 0.696. The van der Waals surface area contributed by atoms with Crippen molar-refractivity contribution in [1.82, 2.24) is 15.1 Å². The number of nitrogens with one attached hydrogen (secondary N) is 1. The zero-order valence-corrected chi connectivity index (χ0v) is 13.6. The molecule has 7 heteroatoms. The molecule has 7 nitrogen and oxygen atoms in total. The van der Waals surface area contributed by atoms with Gasteiger partial charge in [-0.25, -0.2) is 4.68 Å². The Morgan fingerprint density at radius 2 is 1.96 bits per heavy atom. The fourth-order valence-electron chi connectivity index (χ4n) is 1.98. The lowest BCUT2D eigenvalue weighted by Crippen LogP contribution is -2.31. The zero-order chi connectivity index (χ0) is 17.2. The highest BCUT2D eigenvalue weighted by Crippen LogP contribution is 2.08. The number of carbonyl (C=O) groups is 1. The number of nitrogens with zero attached hydrogens (tertiary/aromatic N) is 2. The Morgan fingerprint density at radius 3 is 2.71 bits per heavy atom. The molecule has 1 N–H and O–H groups in total. The highest BCUT2D eigenvalue weighted by atomic mass is 16.5. The third kappa shape index (κ3) is 5.51. The second-order valence-corrected chi connectivity index (χ2v) is 5.04. The van der Waals surface area contributed by atoms with Gasteiger partial charge in [-0.1, -0.05) is 18.2 Å². The number of rotatable bonds is 9. The molecule has 1 heterocycles. The topological polar surface area (TPSA) is 82.5 Å². The van der Waals surface area contributed by atoms with Gasteiger partial charge in [-0.2, -0.15) is 5.10 Å². The minimum Gasteiger partial charge on any atom is -0.494 e. The Morgan fingerprint density at radius 1 is 1.17 bits per heavy atom. The molecule has 24 heavy (non-hydrogen) atoms. The first kappa shape index (κ1) is 17.7. The van der Waals surface area contributed by atoms with E-state index < -0.39 is 0 Å². The van der Waals surface area contributed by atoms with Crippen LogP contribution in [0.3, 0.4) is 0 Å². The van der Waals surface area contributed by atoms with Crippen molar-refractivity contribution in [2.75, 3.05) is 26.9 Å². The summed E-state index contributed by atoms with van der Waals surface area (Å²) in [7, 11) is 1.54. The van der Waals surface area contributed by atoms with E-state index in [1.54, 1.807) is 7.11 Å². The predicted octanol–water partition coefficient (Wildman–Crippen LogP) is 1.09. The molecule has 0 aliphatic carbocycles. The Bertz CT molecular complexity index is 700. The average molecular weight is 331 g/mol. The Labute approximate surface area is 140 Å². The number of carbonyl (C=O) groups excluding carboxylic acids is 1. The molecule has 0 fully saturated rings. The van der Waals surface area contributed by atoms with Crippen LogP contribution in [0.25, 0.3) is 0 Å². The molecule has 0 unspecified atom stereocenters. The van der Waals surface area contributed by atoms with Gasteiger partial charge in [0.1, 0.15) is 11.4 Å². The van der Waals surface area contributed by atoms with Crippen LogP contribution in [0.4, 0.5) is 0 Å². The lowest BCUT2D eigenvalue weighted by molar-refractivity contribution is 0.0943. The molecule has 0 aliphatic heterocycles. The van der Waals surface area contributed by atoms with Crippen molar-refractivity contribution in [3.05, 3.63) is 58.5 Å². The van der Waals surface area contributed by atoms with Crippen LogP contribution in [0, 0.1) is 0 Å². The first-order valence-electron chi connectivity index (χ1n) is 7.74. The molecular formula is C17H21N3O4. The fourth-order valence-corrected chi connectivity index (χ4v) is 1.98. The molecule has 0 saturated heterocycles. The van der Waals surface area contributed by atoms with E-state index in [0.717, 1.165) is 5.75 Å². The maximum absolute atomic E-state index is 12.1. The van der Waals surface area contributed by atoms with E-state index in [9.17, 15) is 9.59 Å². The summed E-state index contributed by atoms with van der Waals surface area (Å²) in [4.78, 5) is 23.7. The zero-order valence-electron chi connectivity index (χ0n) is 13.6. The number of hydrogen-bond donors (Lipinski definition) is 1. The minimum absolute atomic E-state index is 0.203. The molecule has 0 atom stereocenters. The van der Waals surface area contributed by atoms with Gasteiger partial charge in [0.15, 0.2) is 0 Å². The summed E-state index contributed by atoms with van der Waals surface area (Å²) in [5.74, 6) is 0.483. The SMILES string of the molecule is COCCn1nc(C(=O)NCCCOc2ccccc2)ccc1=O. The van der Waals surface area contributed by atoms with Gasteiger partial charge < -0.3 is 14.8 Å². The van der Waals surface area contributed by atoms with Gasteiger partial charge in [-0.15, -0.1) is 0 Å². The third-order valence-corrected chi connectivity index (χ3v) is 3.23. The number of para-hydroxylation sites is 1. The van der Waals surface area contributed by atoms with Crippen LogP contribution in [-0.4, -0.2) is 42.6 Å². The van der Waals surface area contributed by atoms with Crippen LogP contribution in [-0.2, 0) is 11.3 Å². The predicted molar refractivity (Wildman–Crippen MR) is 89.3 cm³/mol. The summed E-state index contributed by atoms with van der Waals surface area (Å²) in [5.41, 5.74) is -0.0606. The number of benzene rings is 1. The van der Waals surface area contributed by atoms with E-state index in [2.05, 4.69) is 10.4 Å². The number of ether oxygens (including phenoxy) is 2. The van der Waals surface area contributed by atoms with Crippen molar-refractivity contribution >= 4 is 5.91 Å². The monoisotopic (exact) mass is 331 g/mol. The molecule has 0 bridgehead atoms. The largest absolute Gasteiger partial charge is 0.494 e. The van der Waals surface area contributed by atoms with Crippen molar-refractivity contribution in [2.45, 2.75) is 13.0 Å². The molecule has 2 aromatic rings. The number of aromatic nitrogens is 2. The van der Waals surface area contributed by atoms with E-state index >= 15 is 0 Å². The fraction of sp³-hybridized carbons (Fsp3) is 0.353. The molecule has 0 spiro atoms. The van der Waals surface area contributed by atoms with Crippen molar-refractivity contribution < 1.29 is 14.3 Å². The lowest BCUT2D eigenvalue weighted by Gasteiger charge is -2.08. The minimum atomic E-state index is -0.319. The standard InChI is InChI=1S/C17H21N3O4/c1-23-13-11-20-16(21)9-8-15(19-20)17(22)18-10-5-12-24-14-6-3-2-4-7-14/h2-4,6-9H,5,10-13H2,1H3,(H,18,22). The Balaban J connectivity index is 1.77. The van der Waals surface area contributed by atoms with Crippen LogP contribution in [0.2, 0.25) is 0 Å². The van der Waals surface area contributed by atoms with Crippen LogP contribution >= 0.6 is 0 Å². The Kier molecular flexibility index (Phi) is 6.97. The van der Waals surface area contributed by atoms with E-state index in [1.165, 1.54) is 16.8 Å². The maximum atomic E-state index is 12.1. The first-order chi connectivity index (χ1) is 11.7. The van der Waals surface area contributed by atoms with E-state index in [1.807, 2.05) is 30.3 Å². The van der Waals surface area contributed by atoms with Crippen molar-refractivity contribution in [1.29, 1.82) is 0 Å². The van der Waals surface area contributed by atoms with Gasteiger partial charge in [0.05, 0.1) is 19.8 Å². The normalized spacial score (nSPS) is 10.4. The smallest absolute Gasteiger partial charge is 0.271 e. The second kappa shape index (κ2) is 9.46. The number of amides is 1. The van der Waals surface area contributed by atoms with E-state index in [-0.39, 0.29) is 17.2 Å². The first-order valence-corrected chi connectivity index (χ1v) is 7.74. The number of methoxy groups -OCH3 is 1. The molecular weight excluding hydrogens is 310 g/mol. The molecule has 0 saturated carbocycles. The summed E-state index contributed by atoms with van der Waals surface area (Å²) >= 11 is 0. The average Bonchev–Trinajstić information content (AvgIpc) is 2.61. The second-order valence-electron chi connectivity index (χ2n) is 5.04. The molecule has 1 aromatic carbocycles. The summed E-state index contributed by atoms with van der Waals surface area (Å²) in [6, 6.07) is 12.2. The van der Waals surface area contributed by atoms with Gasteiger partial charge in [0, 0.05) is 19.7 Å². The highest BCUT2D eigenvalue weighted by Gasteiger charge is 2.09. The molecule has 0 radical (unpaired) electrons. The molecule has 1 amide bonds. The summed E-state index contributed by atoms with van der Waals surface area (Å²) in [6.07, 6.45) is 0.671. The third-order valence-electron chi connectivity index (χ3n) is 3.23. The Hall–Kier alpha value is -2.67. The molecule has 0 aliphatic rings. The maximum Gasteiger partial charge on any atom is 0.271 e. The van der Waals surface area contributed by atoms with Gasteiger partial charge in [-0.05, 0) is 24.6 Å². The van der Waals surface area contributed by atoms with Crippen LogP contribution < -0.4 is 15.6 Å². The van der Waals surface area contributed by atoms with E-state index in [0.29, 0.717) is 32.7 Å².